The summed E-state index contributed by atoms with van der Waals surface area (Å²) in [6.07, 6.45) is 3.66. The minimum Gasteiger partial charge on any atom is -0.426 e. The molecule has 0 aromatic carbocycles. The Hall–Kier alpha value is -1.01. The summed E-state index contributed by atoms with van der Waals surface area (Å²) in [4.78, 5) is 15.6. The van der Waals surface area contributed by atoms with Crippen LogP contribution in [0.4, 0.5) is 0 Å². The third kappa shape index (κ3) is 2.54. The van der Waals surface area contributed by atoms with Crippen LogP contribution in [0, 0.1) is 0 Å². The molecule has 6 heteroatoms. The van der Waals surface area contributed by atoms with Gasteiger partial charge in [-0.2, -0.15) is 0 Å². The van der Waals surface area contributed by atoms with Gasteiger partial charge in [0.2, 0.25) is 0 Å². The zero-order valence-electron chi connectivity index (χ0n) is 10.5. The number of thiocarbonyl (C=S) groups is 1. The molecule has 18 heavy (non-hydrogen) atoms. The summed E-state index contributed by atoms with van der Waals surface area (Å²) in [5.41, 5.74) is 0. The normalized spacial score (nSPS) is 24.6. The van der Waals surface area contributed by atoms with Crippen LogP contribution in [0.25, 0.3) is 0 Å². The summed E-state index contributed by atoms with van der Waals surface area (Å²) < 4.78 is 5.30. The van der Waals surface area contributed by atoms with Gasteiger partial charge in [-0.05, 0) is 38.2 Å². The summed E-state index contributed by atoms with van der Waals surface area (Å²) >= 11 is 6.79. The van der Waals surface area contributed by atoms with Gasteiger partial charge in [-0.25, -0.2) is 0 Å². The number of nitrogens with zero attached hydrogens (tertiary/aromatic N) is 2. The SMILES string of the molecule is CCN1CCSC1=CC=C1OC(=S)N(CC)C1=O. The second kappa shape index (κ2) is 5.75. The maximum atomic E-state index is 11.9. The lowest BCUT2D eigenvalue weighted by Crippen LogP contribution is -2.27. The van der Waals surface area contributed by atoms with Crippen molar-refractivity contribution in [3.63, 3.8) is 0 Å². The monoisotopic (exact) mass is 284 g/mol. The zero-order valence-corrected chi connectivity index (χ0v) is 12.1. The van der Waals surface area contributed by atoms with Crippen molar-refractivity contribution in [3.8, 4) is 0 Å². The lowest BCUT2D eigenvalue weighted by atomic mass is 10.4. The molecule has 4 nitrogen and oxygen atoms in total. The highest BCUT2D eigenvalue weighted by Crippen LogP contribution is 2.27. The average molecular weight is 284 g/mol. The number of carbonyl (C=O) groups excluding carboxylic acids is 1. The minimum atomic E-state index is -0.148. The fraction of sp³-hybridized carbons (Fsp3) is 0.500. The molecule has 0 radical (unpaired) electrons. The van der Waals surface area contributed by atoms with Crippen molar-refractivity contribution in [2.24, 2.45) is 0 Å². The first-order chi connectivity index (χ1) is 8.67. The van der Waals surface area contributed by atoms with Crippen LogP contribution in [0.1, 0.15) is 13.8 Å². The van der Waals surface area contributed by atoms with Crippen molar-refractivity contribution in [3.05, 3.63) is 22.9 Å². The lowest BCUT2D eigenvalue weighted by molar-refractivity contribution is -0.122. The standard InChI is InChI=1S/C12H16N2O2S2/c1-3-13-7-8-18-10(13)6-5-9-11(15)14(4-2)12(17)16-9/h5-6H,3-4,7-8H2,1-2H3. The quantitative estimate of drug-likeness (QED) is 0.584. The van der Waals surface area contributed by atoms with Crippen molar-refractivity contribution >= 4 is 35.1 Å². The van der Waals surface area contributed by atoms with E-state index in [9.17, 15) is 4.79 Å². The fourth-order valence-corrected chi connectivity index (χ4v) is 3.25. The molecule has 2 saturated heterocycles. The van der Waals surface area contributed by atoms with Crippen molar-refractivity contribution in [2.75, 3.05) is 25.4 Å². The topological polar surface area (TPSA) is 32.8 Å². The smallest absolute Gasteiger partial charge is 0.297 e. The Morgan fingerprint density at radius 1 is 1.39 bits per heavy atom. The van der Waals surface area contributed by atoms with E-state index >= 15 is 0 Å². The second-order valence-electron chi connectivity index (χ2n) is 3.88. The van der Waals surface area contributed by atoms with Gasteiger partial charge in [0.1, 0.15) is 0 Å². The largest absolute Gasteiger partial charge is 0.426 e. The highest BCUT2D eigenvalue weighted by Gasteiger charge is 2.31. The molecule has 0 aromatic rings. The number of carbonyl (C=O) groups is 1. The molecule has 0 saturated carbocycles. The van der Waals surface area contributed by atoms with Gasteiger partial charge >= 0.3 is 0 Å². The molecule has 0 aromatic heterocycles. The predicted molar refractivity (Wildman–Crippen MR) is 76.9 cm³/mol. The van der Waals surface area contributed by atoms with E-state index in [1.54, 1.807) is 17.8 Å². The summed E-state index contributed by atoms with van der Waals surface area (Å²) in [5.74, 6) is 1.26. The van der Waals surface area contributed by atoms with Gasteiger partial charge in [-0.1, -0.05) is 0 Å². The van der Waals surface area contributed by atoms with Crippen LogP contribution in [-0.4, -0.2) is 46.3 Å². The number of likely N-dealkylation sites (N-methyl/N-ethyl adjacent to an activating group) is 1. The number of hydrogen-bond acceptors (Lipinski definition) is 5. The van der Waals surface area contributed by atoms with Gasteiger partial charge in [0.05, 0.1) is 5.03 Å². The summed E-state index contributed by atoms with van der Waals surface area (Å²) in [5, 5.41) is 1.43. The first kappa shape index (κ1) is 13.4. The van der Waals surface area contributed by atoms with Crippen molar-refractivity contribution < 1.29 is 9.53 Å². The van der Waals surface area contributed by atoms with Gasteiger partial charge in [0, 0.05) is 25.4 Å². The Balaban J connectivity index is 2.13. The maximum Gasteiger partial charge on any atom is 0.297 e. The van der Waals surface area contributed by atoms with Crippen LogP contribution >= 0.6 is 24.0 Å². The molecule has 2 rings (SSSR count). The number of thioether (sulfide) groups is 1. The molecule has 0 spiro atoms. The molecule has 0 bridgehead atoms. The molecule has 98 valence electrons. The molecule has 2 aliphatic rings. The second-order valence-corrected chi connectivity index (χ2v) is 5.35. The molecule has 2 fully saturated rings. The van der Waals surface area contributed by atoms with Gasteiger partial charge in [0.25, 0.3) is 11.1 Å². The first-order valence-electron chi connectivity index (χ1n) is 6.00. The summed E-state index contributed by atoms with van der Waals surface area (Å²) in [6.45, 7) is 6.58. The number of allylic oxidation sites excluding steroid dienone is 2. The van der Waals surface area contributed by atoms with Gasteiger partial charge in [0.15, 0.2) is 5.76 Å². The Bertz CT molecular complexity index is 432. The van der Waals surface area contributed by atoms with Crippen molar-refractivity contribution in [2.45, 2.75) is 13.8 Å². The van der Waals surface area contributed by atoms with Crippen molar-refractivity contribution in [1.82, 2.24) is 9.80 Å². The third-order valence-corrected chi connectivity index (χ3v) is 4.25. The summed E-state index contributed by atoms with van der Waals surface area (Å²) in [7, 11) is 0. The van der Waals surface area contributed by atoms with E-state index in [1.807, 2.05) is 13.0 Å². The number of amides is 1. The number of ether oxygens (including phenoxy) is 1. The van der Waals surface area contributed by atoms with E-state index in [1.165, 1.54) is 9.93 Å². The number of hydrogen-bond donors (Lipinski definition) is 0. The van der Waals surface area contributed by atoms with Crippen LogP contribution in [-0.2, 0) is 9.53 Å². The number of rotatable bonds is 3. The maximum absolute atomic E-state index is 11.9. The van der Waals surface area contributed by atoms with Crippen LogP contribution < -0.4 is 0 Å². The molecule has 0 unspecified atom stereocenters. The Morgan fingerprint density at radius 3 is 2.78 bits per heavy atom. The Labute approximate surface area is 117 Å². The lowest BCUT2D eigenvalue weighted by Gasteiger charge is -2.15. The van der Waals surface area contributed by atoms with Crippen LogP contribution in [0.3, 0.4) is 0 Å². The van der Waals surface area contributed by atoms with Gasteiger partial charge < -0.3 is 9.64 Å². The van der Waals surface area contributed by atoms with Crippen molar-refractivity contribution in [1.29, 1.82) is 0 Å². The molecule has 2 aliphatic heterocycles. The minimum absolute atomic E-state index is 0.148. The third-order valence-electron chi connectivity index (χ3n) is 2.87. The zero-order chi connectivity index (χ0) is 13.1. The Morgan fingerprint density at radius 2 is 2.17 bits per heavy atom. The summed E-state index contributed by atoms with van der Waals surface area (Å²) in [6, 6.07) is 0. The van der Waals surface area contributed by atoms with E-state index in [-0.39, 0.29) is 11.1 Å². The molecule has 0 N–H and O–H groups in total. The fourth-order valence-electron chi connectivity index (χ4n) is 1.86. The van der Waals surface area contributed by atoms with E-state index in [2.05, 4.69) is 11.8 Å². The molecule has 2 heterocycles. The van der Waals surface area contributed by atoms with E-state index < -0.39 is 0 Å². The van der Waals surface area contributed by atoms with E-state index in [0.29, 0.717) is 12.3 Å². The van der Waals surface area contributed by atoms with Crippen LogP contribution in [0.15, 0.2) is 22.9 Å². The highest BCUT2D eigenvalue weighted by molar-refractivity contribution is 8.03. The van der Waals surface area contributed by atoms with E-state index in [0.717, 1.165) is 18.8 Å². The molecule has 1 amide bonds. The molecular weight excluding hydrogens is 268 g/mol. The van der Waals surface area contributed by atoms with Crippen LogP contribution in [0.2, 0.25) is 0 Å². The predicted octanol–water partition coefficient (Wildman–Crippen LogP) is 1.94. The van der Waals surface area contributed by atoms with Gasteiger partial charge in [-0.3, -0.25) is 9.69 Å². The average Bonchev–Trinajstić information content (AvgIpc) is 2.91. The van der Waals surface area contributed by atoms with Gasteiger partial charge in [-0.15, -0.1) is 11.8 Å². The molecular formula is C12H16N2O2S2. The van der Waals surface area contributed by atoms with E-state index in [4.69, 9.17) is 17.0 Å². The molecule has 0 aliphatic carbocycles. The highest BCUT2D eigenvalue weighted by atomic mass is 32.2. The molecule has 0 atom stereocenters. The van der Waals surface area contributed by atoms with Crippen LogP contribution in [0.5, 0.6) is 0 Å². The Kier molecular flexibility index (Phi) is 4.29. The first-order valence-corrected chi connectivity index (χ1v) is 7.40.